The summed E-state index contributed by atoms with van der Waals surface area (Å²) >= 11 is 0. The smallest absolute Gasteiger partial charge is 0.254 e. The first-order chi connectivity index (χ1) is 12.9. The summed E-state index contributed by atoms with van der Waals surface area (Å²) in [5, 5.41) is 10.7. The summed E-state index contributed by atoms with van der Waals surface area (Å²) in [6, 6.07) is 11.3. The fourth-order valence-electron chi connectivity index (χ4n) is 3.67. The summed E-state index contributed by atoms with van der Waals surface area (Å²) in [6.45, 7) is 4.95. The van der Waals surface area contributed by atoms with Crippen LogP contribution >= 0.6 is 0 Å². The zero-order chi connectivity index (χ0) is 19.6. The molecule has 0 radical (unpaired) electrons. The predicted molar refractivity (Wildman–Crippen MR) is 104 cm³/mol. The molecule has 0 fully saturated rings. The first-order valence-corrected chi connectivity index (χ1v) is 9.24. The van der Waals surface area contributed by atoms with Crippen LogP contribution in [0.3, 0.4) is 0 Å². The van der Waals surface area contributed by atoms with Crippen LogP contribution in [-0.2, 0) is 13.0 Å². The molecule has 1 N–H and O–H groups in total. The number of benzene rings is 2. The zero-order valence-corrected chi connectivity index (χ0v) is 16.4. The maximum absolute atomic E-state index is 13.0. The van der Waals surface area contributed by atoms with Gasteiger partial charge in [-0.05, 0) is 42.2 Å². The highest BCUT2D eigenvalue weighted by atomic mass is 16.5. The molecule has 1 unspecified atom stereocenters. The van der Waals surface area contributed by atoms with Gasteiger partial charge in [0.25, 0.3) is 5.91 Å². The van der Waals surface area contributed by atoms with Crippen molar-refractivity contribution in [2.45, 2.75) is 32.9 Å². The summed E-state index contributed by atoms with van der Waals surface area (Å²) < 4.78 is 10.8. The molecule has 2 aromatic rings. The number of aliphatic hydroxyl groups excluding tert-OH is 1. The van der Waals surface area contributed by atoms with Crippen LogP contribution in [0.4, 0.5) is 0 Å². The van der Waals surface area contributed by atoms with Gasteiger partial charge in [0.2, 0.25) is 0 Å². The van der Waals surface area contributed by atoms with Gasteiger partial charge in [0.1, 0.15) is 17.6 Å². The fraction of sp³-hybridized carbons (Fsp3) is 0.409. The highest BCUT2D eigenvalue weighted by Gasteiger charge is 2.32. The number of hydrogen-bond acceptors (Lipinski definition) is 4. The van der Waals surface area contributed by atoms with E-state index in [4.69, 9.17) is 9.47 Å². The third kappa shape index (κ3) is 3.93. The van der Waals surface area contributed by atoms with Crippen LogP contribution in [0.15, 0.2) is 36.4 Å². The van der Waals surface area contributed by atoms with E-state index in [0.29, 0.717) is 35.1 Å². The Kier molecular flexibility index (Phi) is 5.71. The zero-order valence-electron chi connectivity index (χ0n) is 16.4. The van der Waals surface area contributed by atoms with E-state index in [1.165, 1.54) is 5.56 Å². The quantitative estimate of drug-likeness (QED) is 0.875. The van der Waals surface area contributed by atoms with Crippen molar-refractivity contribution >= 4 is 5.91 Å². The number of rotatable bonds is 5. The lowest BCUT2D eigenvalue weighted by Crippen LogP contribution is -2.38. The van der Waals surface area contributed by atoms with E-state index >= 15 is 0 Å². The number of β-amino-alcohol motifs (C(OH)–C–C–N with tert-alkyl or cyclic N) is 1. The Labute approximate surface area is 160 Å². The molecule has 1 aliphatic heterocycles. The molecule has 27 heavy (non-hydrogen) atoms. The summed E-state index contributed by atoms with van der Waals surface area (Å²) in [6.07, 6.45) is 0.171. The molecule has 0 spiro atoms. The Morgan fingerprint density at radius 1 is 1.11 bits per heavy atom. The van der Waals surface area contributed by atoms with E-state index < -0.39 is 6.10 Å². The average molecular weight is 369 g/mol. The topological polar surface area (TPSA) is 59.0 Å². The minimum atomic E-state index is -0.817. The number of hydrogen-bond donors (Lipinski definition) is 1. The van der Waals surface area contributed by atoms with Crippen LogP contribution < -0.4 is 9.47 Å². The second-order valence-corrected chi connectivity index (χ2v) is 7.36. The molecule has 5 nitrogen and oxygen atoms in total. The van der Waals surface area contributed by atoms with Gasteiger partial charge in [-0.15, -0.1) is 0 Å². The molecule has 0 aliphatic carbocycles. The van der Waals surface area contributed by atoms with Gasteiger partial charge in [0, 0.05) is 16.7 Å². The molecule has 1 aliphatic rings. The monoisotopic (exact) mass is 369 g/mol. The molecule has 1 amide bonds. The van der Waals surface area contributed by atoms with Crippen LogP contribution in [-0.4, -0.2) is 36.7 Å². The largest absolute Gasteiger partial charge is 0.496 e. The number of amides is 1. The summed E-state index contributed by atoms with van der Waals surface area (Å²) in [5.41, 5.74) is 3.34. The van der Waals surface area contributed by atoms with E-state index in [0.717, 1.165) is 12.0 Å². The fourth-order valence-corrected chi connectivity index (χ4v) is 3.67. The highest BCUT2D eigenvalue weighted by molar-refractivity contribution is 5.94. The van der Waals surface area contributed by atoms with E-state index in [-0.39, 0.29) is 12.5 Å². The van der Waals surface area contributed by atoms with Gasteiger partial charge in [-0.25, -0.2) is 0 Å². The maximum Gasteiger partial charge on any atom is 0.254 e. The number of methoxy groups -OCH3 is 2. The number of carbonyl (C=O) groups is 1. The number of fused-ring (bicyclic) bond motifs is 1. The number of carbonyl (C=O) groups excluding carboxylic acids is 1. The van der Waals surface area contributed by atoms with Gasteiger partial charge in [0.05, 0.1) is 27.3 Å². The Morgan fingerprint density at radius 3 is 2.33 bits per heavy atom. The lowest BCUT2D eigenvalue weighted by Gasteiger charge is -2.34. The van der Waals surface area contributed by atoms with Crippen LogP contribution in [0.25, 0.3) is 0 Å². The molecule has 1 atom stereocenters. The minimum absolute atomic E-state index is 0.0966. The van der Waals surface area contributed by atoms with Gasteiger partial charge >= 0.3 is 0 Å². The molecule has 144 valence electrons. The van der Waals surface area contributed by atoms with Crippen molar-refractivity contribution in [2.75, 3.05) is 20.8 Å². The maximum atomic E-state index is 13.0. The molecule has 0 saturated carbocycles. The van der Waals surface area contributed by atoms with Crippen LogP contribution in [0.1, 0.15) is 47.0 Å². The second-order valence-electron chi connectivity index (χ2n) is 7.36. The molecule has 0 saturated heterocycles. The first kappa shape index (κ1) is 19.2. The van der Waals surface area contributed by atoms with Crippen molar-refractivity contribution < 1.29 is 19.4 Å². The molecular weight excluding hydrogens is 342 g/mol. The third-order valence-corrected chi connectivity index (χ3v) is 4.92. The van der Waals surface area contributed by atoms with Crippen molar-refractivity contribution in [1.29, 1.82) is 0 Å². The molecule has 3 rings (SSSR count). The first-order valence-electron chi connectivity index (χ1n) is 9.24. The molecule has 1 heterocycles. The Balaban J connectivity index is 1.86. The average Bonchev–Trinajstić information content (AvgIpc) is 2.66. The molecule has 0 bridgehead atoms. The summed E-state index contributed by atoms with van der Waals surface area (Å²) in [7, 11) is 3.16. The van der Waals surface area contributed by atoms with Gasteiger partial charge in [-0.3, -0.25) is 4.79 Å². The van der Waals surface area contributed by atoms with Crippen LogP contribution in [0, 0.1) is 5.92 Å². The molecule has 2 aromatic carbocycles. The SMILES string of the molecule is COc1ccc(OC)c2c1CN(C(=O)c1ccc(CC(C)C)cc1)CC2O. The Hall–Kier alpha value is -2.53. The summed E-state index contributed by atoms with van der Waals surface area (Å²) in [4.78, 5) is 14.6. The van der Waals surface area contributed by atoms with Crippen molar-refractivity contribution in [3.8, 4) is 11.5 Å². The van der Waals surface area contributed by atoms with Crippen LogP contribution in [0.2, 0.25) is 0 Å². The second kappa shape index (κ2) is 8.01. The number of nitrogens with zero attached hydrogens (tertiary/aromatic N) is 1. The van der Waals surface area contributed by atoms with E-state index in [1.807, 2.05) is 24.3 Å². The Bertz CT molecular complexity index is 814. The molecular formula is C22H27NO4. The highest BCUT2D eigenvalue weighted by Crippen LogP contribution is 2.39. The standard InChI is InChI=1S/C22H27NO4/c1-14(2)11-15-5-7-16(8-6-15)22(25)23-12-17-19(26-3)9-10-20(27-4)21(17)18(24)13-23/h5-10,14,18,24H,11-13H2,1-4H3. The molecule has 5 heteroatoms. The molecule has 0 aromatic heterocycles. The number of ether oxygens (including phenoxy) is 2. The van der Waals surface area contributed by atoms with Crippen molar-refractivity contribution in [2.24, 2.45) is 5.92 Å². The lowest BCUT2D eigenvalue weighted by molar-refractivity contribution is 0.0538. The lowest BCUT2D eigenvalue weighted by atomic mass is 9.94. The van der Waals surface area contributed by atoms with Crippen molar-refractivity contribution in [1.82, 2.24) is 4.90 Å². The third-order valence-electron chi connectivity index (χ3n) is 4.92. The Morgan fingerprint density at radius 2 is 1.74 bits per heavy atom. The minimum Gasteiger partial charge on any atom is -0.496 e. The normalized spacial score (nSPS) is 16.2. The van der Waals surface area contributed by atoms with Crippen molar-refractivity contribution in [3.05, 3.63) is 58.7 Å². The van der Waals surface area contributed by atoms with Gasteiger partial charge < -0.3 is 19.5 Å². The van der Waals surface area contributed by atoms with E-state index in [1.54, 1.807) is 31.3 Å². The van der Waals surface area contributed by atoms with Crippen molar-refractivity contribution in [3.63, 3.8) is 0 Å². The van der Waals surface area contributed by atoms with E-state index in [9.17, 15) is 9.90 Å². The summed E-state index contributed by atoms with van der Waals surface area (Å²) in [5.74, 6) is 1.74. The van der Waals surface area contributed by atoms with E-state index in [2.05, 4.69) is 13.8 Å². The number of aliphatic hydroxyl groups is 1. The predicted octanol–water partition coefficient (Wildman–Crippen LogP) is 3.59. The van der Waals surface area contributed by atoms with Gasteiger partial charge in [-0.2, -0.15) is 0 Å². The van der Waals surface area contributed by atoms with Gasteiger partial charge in [-0.1, -0.05) is 26.0 Å². The van der Waals surface area contributed by atoms with Crippen LogP contribution in [0.5, 0.6) is 11.5 Å². The van der Waals surface area contributed by atoms with Gasteiger partial charge in [0.15, 0.2) is 0 Å².